The van der Waals surface area contributed by atoms with Crippen LogP contribution in [-0.4, -0.2) is 38.9 Å². The first kappa shape index (κ1) is 24.8. The van der Waals surface area contributed by atoms with Gasteiger partial charge in [0.2, 0.25) is 0 Å². The Morgan fingerprint density at radius 2 is 1.57 bits per heavy atom. The van der Waals surface area contributed by atoms with Gasteiger partial charge < -0.3 is 10.1 Å². The molecule has 2 N–H and O–H groups in total. The number of amides is 1. The van der Waals surface area contributed by atoms with Gasteiger partial charge in [-0.1, -0.05) is 24.3 Å². The molecule has 0 bridgehead atoms. The molecule has 3 aromatic carbocycles. The second-order valence-electron chi connectivity index (χ2n) is 8.52. The number of nitrogens with one attached hydrogen (secondary N) is 2. The number of sulfonamides is 1. The molecule has 1 aliphatic rings. The largest absolute Gasteiger partial charge is 0.494 e. The highest BCUT2D eigenvalue weighted by molar-refractivity contribution is 7.92. The number of nitrogens with zero attached hydrogens (tertiary/aromatic N) is 1. The van der Waals surface area contributed by atoms with Crippen molar-refractivity contribution >= 4 is 21.6 Å². The molecule has 184 valence electrons. The van der Waals surface area contributed by atoms with E-state index in [4.69, 9.17) is 4.74 Å². The third-order valence-corrected chi connectivity index (χ3v) is 7.39. The summed E-state index contributed by atoms with van der Waals surface area (Å²) in [5.41, 5.74) is 3.18. The molecule has 1 amide bonds. The molecular formula is C27H31N3O4S. The smallest absolute Gasteiger partial charge is 0.261 e. The monoisotopic (exact) mass is 493 g/mol. The fraction of sp³-hybridized carbons (Fsp3) is 0.296. The number of carbonyl (C=O) groups is 1. The van der Waals surface area contributed by atoms with Gasteiger partial charge in [0.25, 0.3) is 15.9 Å². The molecule has 0 atom stereocenters. The number of rotatable bonds is 10. The van der Waals surface area contributed by atoms with Crippen LogP contribution in [0.1, 0.15) is 41.3 Å². The van der Waals surface area contributed by atoms with Crippen LogP contribution in [-0.2, 0) is 23.1 Å². The summed E-state index contributed by atoms with van der Waals surface area (Å²) in [6.07, 6.45) is 2.48. The van der Waals surface area contributed by atoms with Crippen molar-refractivity contribution in [3.05, 3.63) is 89.5 Å². The Labute approximate surface area is 207 Å². The summed E-state index contributed by atoms with van der Waals surface area (Å²) in [4.78, 5) is 15.3. The van der Waals surface area contributed by atoms with Gasteiger partial charge in [0.15, 0.2) is 0 Å². The van der Waals surface area contributed by atoms with Crippen molar-refractivity contribution in [2.45, 2.75) is 37.8 Å². The maximum absolute atomic E-state index is 12.7. The fourth-order valence-corrected chi connectivity index (χ4v) is 5.19. The topological polar surface area (TPSA) is 87.7 Å². The predicted octanol–water partition coefficient (Wildman–Crippen LogP) is 4.41. The zero-order chi connectivity index (χ0) is 24.7. The molecule has 35 heavy (non-hydrogen) atoms. The minimum Gasteiger partial charge on any atom is -0.494 e. The van der Waals surface area contributed by atoms with Gasteiger partial charge in [0.1, 0.15) is 5.75 Å². The van der Waals surface area contributed by atoms with Crippen LogP contribution in [0.4, 0.5) is 5.69 Å². The highest BCUT2D eigenvalue weighted by Gasteiger charge is 2.16. The van der Waals surface area contributed by atoms with Gasteiger partial charge in [0.05, 0.1) is 11.5 Å². The predicted molar refractivity (Wildman–Crippen MR) is 137 cm³/mol. The first-order chi connectivity index (χ1) is 16.9. The Hall–Kier alpha value is -3.36. The van der Waals surface area contributed by atoms with E-state index in [0.717, 1.165) is 25.2 Å². The van der Waals surface area contributed by atoms with E-state index in [1.807, 2.05) is 25.1 Å². The van der Waals surface area contributed by atoms with E-state index >= 15 is 0 Å². The summed E-state index contributed by atoms with van der Waals surface area (Å²) in [5.74, 6) is 0.405. The maximum Gasteiger partial charge on any atom is 0.261 e. The number of anilines is 1. The van der Waals surface area contributed by atoms with Gasteiger partial charge in [0, 0.05) is 24.3 Å². The lowest BCUT2D eigenvalue weighted by atomic mass is 10.1. The number of likely N-dealkylation sites (tertiary alicyclic amines) is 1. The number of hydrogen-bond acceptors (Lipinski definition) is 5. The van der Waals surface area contributed by atoms with Crippen molar-refractivity contribution in [1.82, 2.24) is 10.2 Å². The van der Waals surface area contributed by atoms with Crippen LogP contribution in [0.25, 0.3) is 0 Å². The lowest BCUT2D eigenvalue weighted by molar-refractivity contribution is 0.0950. The summed E-state index contributed by atoms with van der Waals surface area (Å²) >= 11 is 0. The quantitative estimate of drug-likeness (QED) is 0.437. The summed E-state index contributed by atoms with van der Waals surface area (Å²) < 4.78 is 33.2. The molecule has 1 aliphatic heterocycles. The summed E-state index contributed by atoms with van der Waals surface area (Å²) in [7, 11) is -3.75. The molecule has 0 aromatic heterocycles. The zero-order valence-corrected chi connectivity index (χ0v) is 20.7. The summed E-state index contributed by atoms with van der Waals surface area (Å²) in [5, 5.41) is 2.98. The Morgan fingerprint density at radius 1 is 0.914 bits per heavy atom. The molecule has 0 unspecified atom stereocenters. The van der Waals surface area contributed by atoms with Crippen molar-refractivity contribution in [1.29, 1.82) is 0 Å². The Balaban J connectivity index is 1.35. The molecule has 1 heterocycles. The van der Waals surface area contributed by atoms with Gasteiger partial charge in [-0.2, -0.15) is 0 Å². The average molecular weight is 494 g/mol. The van der Waals surface area contributed by atoms with Gasteiger partial charge >= 0.3 is 0 Å². The minimum absolute atomic E-state index is 0.135. The molecule has 8 heteroatoms. The molecule has 1 fully saturated rings. The van der Waals surface area contributed by atoms with E-state index in [1.54, 1.807) is 36.4 Å². The van der Waals surface area contributed by atoms with Crippen LogP contribution in [0.5, 0.6) is 5.75 Å². The van der Waals surface area contributed by atoms with Crippen LogP contribution >= 0.6 is 0 Å². The van der Waals surface area contributed by atoms with Crippen LogP contribution in [0, 0.1) is 0 Å². The molecule has 7 nitrogen and oxygen atoms in total. The molecule has 4 rings (SSSR count). The number of hydrogen-bond donors (Lipinski definition) is 2. The molecule has 0 saturated carbocycles. The van der Waals surface area contributed by atoms with Crippen molar-refractivity contribution in [2.24, 2.45) is 0 Å². The van der Waals surface area contributed by atoms with Crippen LogP contribution in [0.2, 0.25) is 0 Å². The zero-order valence-electron chi connectivity index (χ0n) is 19.9. The first-order valence-corrected chi connectivity index (χ1v) is 13.4. The normalized spacial score (nSPS) is 14.0. The van der Waals surface area contributed by atoms with Gasteiger partial charge in [-0.3, -0.25) is 14.4 Å². The molecule has 1 saturated heterocycles. The Kier molecular flexibility index (Phi) is 8.05. The van der Waals surface area contributed by atoms with E-state index < -0.39 is 10.0 Å². The summed E-state index contributed by atoms with van der Waals surface area (Å²) in [6.45, 7) is 5.95. The van der Waals surface area contributed by atoms with E-state index in [-0.39, 0.29) is 10.8 Å². The number of carbonyl (C=O) groups excluding carboxylic acids is 1. The molecule has 0 spiro atoms. The van der Waals surface area contributed by atoms with E-state index in [2.05, 4.69) is 21.0 Å². The highest BCUT2D eigenvalue weighted by Crippen LogP contribution is 2.20. The molecule has 3 aromatic rings. The highest BCUT2D eigenvalue weighted by atomic mass is 32.2. The van der Waals surface area contributed by atoms with Crippen molar-refractivity contribution in [3.63, 3.8) is 0 Å². The van der Waals surface area contributed by atoms with Crippen molar-refractivity contribution in [3.8, 4) is 5.75 Å². The van der Waals surface area contributed by atoms with E-state index in [1.165, 1.54) is 30.5 Å². The fourth-order valence-electron chi connectivity index (χ4n) is 4.13. The van der Waals surface area contributed by atoms with Crippen LogP contribution < -0.4 is 14.8 Å². The number of ether oxygens (including phenoxy) is 1. The molecular weight excluding hydrogens is 462 g/mol. The standard InChI is InChI=1S/C27H31N3O4S/c1-2-34-25-13-15-26(16-14-25)35(32,33)29-24-11-9-21(10-12-24)27(31)28-19-22-7-3-4-8-23(22)20-30-17-5-6-18-30/h3-4,7-16,29H,2,5-6,17-20H2,1H3,(H,28,31). The van der Waals surface area contributed by atoms with Gasteiger partial charge in [-0.15, -0.1) is 0 Å². The first-order valence-electron chi connectivity index (χ1n) is 11.9. The Morgan fingerprint density at radius 3 is 2.23 bits per heavy atom. The van der Waals surface area contributed by atoms with Crippen molar-refractivity contribution in [2.75, 3.05) is 24.4 Å². The van der Waals surface area contributed by atoms with Gasteiger partial charge in [-0.05, 0) is 92.5 Å². The molecule has 0 radical (unpaired) electrons. The second kappa shape index (κ2) is 11.4. The lowest BCUT2D eigenvalue weighted by Gasteiger charge is -2.17. The van der Waals surface area contributed by atoms with Gasteiger partial charge in [-0.25, -0.2) is 8.42 Å². The lowest BCUT2D eigenvalue weighted by Crippen LogP contribution is -2.25. The summed E-state index contributed by atoms with van der Waals surface area (Å²) in [6, 6.07) is 20.8. The third-order valence-electron chi connectivity index (χ3n) is 5.99. The molecule has 0 aliphatic carbocycles. The van der Waals surface area contributed by atoms with Crippen LogP contribution in [0.15, 0.2) is 77.7 Å². The van der Waals surface area contributed by atoms with Crippen LogP contribution in [0.3, 0.4) is 0 Å². The Bertz CT molecular complexity index is 1240. The van der Waals surface area contributed by atoms with Crippen molar-refractivity contribution < 1.29 is 17.9 Å². The maximum atomic E-state index is 12.7. The van der Waals surface area contributed by atoms with E-state index in [0.29, 0.717) is 30.2 Å². The second-order valence-corrected chi connectivity index (χ2v) is 10.2. The average Bonchev–Trinajstić information content (AvgIpc) is 3.37. The SMILES string of the molecule is CCOc1ccc(S(=O)(=O)Nc2ccc(C(=O)NCc3ccccc3CN3CCCC3)cc2)cc1. The van der Waals surface area contributed by atoms with E-state index in [9.17, 15) is 13.2 Å². The minimum atomic E-state index is -3.75. The third kappa shape index (κ3) is 6.61. The number of benzene rings is 3.